The third-order valence-corrected chi connectivity index (χ3v) is 6.98. The molecule has 29 heavy (non-hydrogen) atoms. The molecule has 2 amide bonds. The summed E-state index contributed by atoms with van der Waals surface area (Å²) in [5.41, 5.74) is 6.31. The number of hydrogen-bond donors (Lipinski definition) is 3. The number of rotatable bonds is 4. The highest BCUT2D eigenvalue weighted by molar-refractivity contribution is 7.90. The Bertz CT molecular complexity index is 1090. The molecule has 2 aromatic rings. The van der Waals surface area contributed by atoms with Gasteiger partial charge in [-0.1, -0.05) is 23.4 Å². The first-order chi connectivity index (χ1) is 13.9. The van der Waals surface area contributed by atoms with Crippen molar-refractivity contribution in [3.05, 3.63) is 58.1 Å². The Balaban J connectivity index is 1.58. The van der Waals surface area contributed by atoms with Crippen LogP contribution in [-0.4, -0.2) is 25.4 Å². The lowest BCUT2D eigenvalue weighted by Gasteiger charge is -2.16. The van der Waals surface area contributed by atoms with Crippen LogP contribution in [0.25, 0.3) is 0 Å². The van der Waals surface area contributed by atoms with E-state index in [0.717, 1.165) is 55.3 Å². The van der Waals surface area contributed by atoms with E-state index in [0.29, 0.717) is 5.56 Å². The maximum atomic E-state index is 12.7. The molecule has 4 rings (SSSR count). The van der Waals surface area contributed by atoms with Crippen LogP contribution in [0, 0.1) is 0 Å². The molecule has 0 aromatic heterocycles. The van der Waals surface area contributed by atoms with Gasteiger partial charge < -0.3 is 10.5 Å². The molecule has 2 aliphatic carbocycles. The number of amides is 2. The van der Waals surface area contributed by atoms with Gasteiger partial charge in [0.05, 0.1) is 10.6 Å². The number of anilines is 1. The lowest BCUT2D eigenvalue weighted by atomic mass is 9.99. The van der Waals surface area contributed by atoms with Crippen molar-refractivity contribution in [1.29, 1.82) is 0 Å². The first-order valence-electron chi connectivity index (χ1n) is 9.68. The van der Waals surface area contributed by atoms with E-state index in [4.69, 9.17) is 5.21 Å². The van der Waals surface area contributed by atoms with Crippen LogP contribution in [0.2, 0.25) is 0 Å². The Morgan fingerprint density at radius 2 is 1.69 bits per heavy atom. The number of hydrogen-bond acceptors (Lipinski definition) is 5. The molecule has 0 unspecified atom stereocenters. The van der Waals surface area contributed by atoms with E-state index in [9.17, 15) is 13.2 Å². The number of benzene rings is 2. The van der Waals surface area contributed by atoms with Crippen LogP contribution in [0.15, 0.2) is 40.4 Å². The summed E-state index contributed by atoms with van der Waals surface area (Å²) < 4.78 is 27.5. The van der Waals surface area contributed by atoms with Crippen molar-refractivity contribution in [2.24, 2.45) is 5.16 Å². The maximum Gasteiger partial charge on any atom is 0.333 e. The van der Waals surface area contributed by atoms with Crippen molar-refractivity contribution >= 4 is 27.5 Å². The fourth-order valence-corrected chi connectivity index (χ4v) is 5.19. The Morgan fingerprint density at radius 1 is 1.03 bits per heavy atom. The summed E-state index contributed by atoms with van der Waals surface area (Å²) in [5, 5.41) is 14.8. The number of carbonyl (C=O) groups excluding carboxylic acids is 1. The predicted octanol–water partition coefficient (Wildman–Crippen LogP) is 3.37. The van der Waals surface area contributed by atoms with Gasteiger partial charge in [0, 0.05) is 11.3 Å². The van der Waals surface area contributed by atoms with Crippen molar-refractivity contribution in [2.75, 3.05) is 5.32 Å². The summed E-state index contributed by atoms with van der Waals surface area (Å²) in [6.07, 6.45) is 5.88. The second-order valence-corrected chi connectivity index (χ2v) is 9.19. The monoisotopic (exact) mass is 413 g/mol. The molecule has 8 heteroatoms. The average molecular weight is 413 g/mol. The molecule has 0 fully saturated rings. The number of sulfonamides is 1. The quantitative estimate of drug-likeness (QED) is 0.406. The molecule has 0 atom stereocenters. The Labute approximate surface area is 169 Å². The molecule has 3 N–H and O–H groups in total. The molecule has 0 radical (unpaired) electrons. The van der Waals surface area contributed by atoms with Crippen molar-refractivity contribution in [3.8, 4) is 0 Å². The van der Waals surface area contributed by atoms with Gasteiger partial charge in [-0.15, -0.1) is 0 Å². The minimum absolute atomic E-state index is 0.0725. The third-order valence-electron chi connectivity index (χ3n) is 5.65. The van der Waals surface area contributed by atoms with Crippen LogP contribution < -0.4 is 10.0 Å². The van der Waals surface area contributed by atoms with Gasteiger partial charge in [0.2, 0.25) is 0 Å². The minimum atomic E-state index is -4.07. The highest BCUT2D eigenvalue weighted by atomic mass is 32.2. The summed E-state index contributed by atoms with van der Waals surface area (Å²) in [7, 11) is -4.07. The molecule has 7 nitrogen and oxygen atoms in total. The first-order valence-corrected chi connectivity index (χ1v) is 11.2. The van der Waals surface area contributed by atoms with Crippen molar-refractivity contribution in [2.45, 2.75) is 50.3 Å². The fraction of sp³-hybridized carbons (Fsp3) is 0.333. The SMILES string of the molecule is C/C(=N\O)c1cccc(S(=O)(=O)NC(=O)Nc2c3c(cc4c2CCC4)CCC3)c1. The Morgan fingerprint density at radius 3 is 2.31 bits per heavy atom. The normalized spacial score (nSPS) is 15.7. The van der Waals surface area contributed by atoms with Crippen molar-refractivity contribution in [1.82, 2.24) is 4.72 Å². The second kappa shape index (κ2) is 7.51. The number of nitrogens with zero attached hydrogens (tertiary/aromatic N) is 1. The molecule has 0 spiro atoms. The van der Waals surface area contributed by atoms with Gasteiger partial charge in [-0.3, -0.25) is 0 Å². The Hall–Kier alpha value is -2.87. The standard InChI is InChI=1S/C21H23N3O4S/c1-13(23-26)14-5-2-8-17(12-14)29(27,28)24-21(25)22-20-18-9-3-6-15(18)11-16-7-4-10-19(16)20/h2,5,8,11-12,26H,3-4,6-7,9-10H2,1H3,(H2,22,24,25)/b23-13+. The van der Waals surface area contributed by atoms with Crippen molar-refractivity contribution in [3.63, 3.8) is 0 Å². The number of urea groups is 1. The van der Waals surface area contributed by atoms with E-state index in [1.54, 1.807) is 13.0 Å². The van der Waals surface area contributed by atoms with Gasteiger partial charge in [0.25, 0.3) is 10.0 Å². The zero-order chi connectivity index (χ0) is 20.6. The van der Waals surface area contributed by atoms with Gasteiger partial charge in [0.15, 0.2) is 0 Å². The van der Waals surface area contributed by atoms with Gasteiger partial charge in [-0.25, -0.2) is 17.9 Å². The molecule has 2 aromatic carbocycles. The van der Waals surface area contributed by atoms with Gasteiger partial charge >= 0.3 is 6.03 Å². The smallest absolute Gasteiger partial charge is 0.333 e. The van der Waals surface area contributed by atoms with E-state index in [-0.39, 0.29) is 10.6 Å². The molecule has 2 aliphatic rings. The zero-order valence-corrected chi connectivity index (χ0v) is 17.0. The molecule has 152 valence electrons. The number of fused-ring (bicyclic) bond motifs is 2. The summed E-state index contributed by atoms with van der Waals surface area (Å²) in [6, 6.07) is 7.40. The van der Waals surface area contributed by atoms with E-state index in [1.165, 1.54) is 29.3 Å². The molecular formula is C21H23N3O4S. The van der Waals surface area contributed by atoms with Crippen molar-refractivity contribution < 1.29 is 18.4 Å². The van der Waals surface area contributed by atoms with E-state index >= 15 is 0 Å². The lowest BCUT2D eigenvalue weighted by Crippen LogP contribution is -2.35. The van der Waals surface area contributed by atoms with Gasteiger partial charge in [0.1, 0.15) is 0 Å². The summed E-state index contributed by atoms with van der Waals surface area (Å²) in [6.45, 7) is 1.56. The minimum Gasteiger partial charge on any atom is -0.411 e. The van der Waals surface area contributed by atoms with E-state index < -0.39 is 16.1 Å². The second-order valence-electron chi connectivity index (χ2n) is 7.51. The average Bonchev–Trinajstić information content (AvgIpc) is 3.36. The van der Waals surface area contributed by atoms with Gasteiger partial charge in [-0.2, -0.15) is 0 Å². The highest BCUT2D eigenvalue weighted by Crippen LogP contribution is 2.38. The summed E-state index contributed by atoms with van der Waals surface area (Å²) >= 11 is 0. The number of aryl methyl sites for hydroxylation is 2. The van der Waals surface area contributed by atoms with Crippen LogP contribution in [0.3, 0.4) is 0 Å². The maximum absolute atomic E-state index is 12.7. The molecule has 0 heterocycles. The predicted molar refractivity (Wildman–Crippen MR) is 110 cm³/mol. The van der Waals surface area contributed by atoms with Crippen LogP contribution >= 0.6 is 0 Å². The summed E-state index contributed by atoms with van der Waals surface area (Å²) in [4.78, 5) is 12.5. The summed E-state index contributed by atoms with van der Waals surface area (Å²) in [5.74, 6) is 0. The van der Waals surface area contributed by atoms with Crippen LogP contribution in [0.5, 0.6) is 0 Å². The lowest BCUT2D eigenvalue weighted by molar-refractivity contribution is 0.256. The fourth-order valence-electron chi connectivity index (χ4n) is 4.23. The highest BCUT2D eigenvalue weighted by Gasteiger charge is 2.26. The third kappa shape index (κ3) is 3.72. The molecule has 0 saturated carbocycles. The molecular weight excluding hydrogens is 390 g/mol. The topological polar surface area (TPSA) is 108 Å². The van der Waals surface area contributed by atoms with Crippen LogP contribution in [0.4, 0.5) is 10.5 Å². The number of oxime groups is 1. The van der Waals surface area contributed by atoms with E-state index in [1.807, 2.05) is 0 Å². The largest absolute Gasteiger partial charge is 0.411 e. The van der Waals surface area contributed by atoms with Crippen LogP contribution in [0.1, 0.15) is 47.6 Å². The number of nitrogens with one attached hydrogen (secondary N) is 2. The number of carbonyl (C=O) groups is 1. The molecule has 0 saturated heterocycles. The van der Waals surface area contributed by atoms with Gasteiger partial charge in [-0.05, 0) is 79.8 Å². The van der Waals surface area contributed by atoms with Crippen LogP contribution in [-0.2, 0) is 35.7 Å². The first kappa shape index (κ1) is 19.4. The zero-order valence-electron chi connectivity index (χ0n) is 16.2. The molecule has 0 aliphatic heterocycles. The molecule has 0 bridgehead atoms. The van der Waals surface area contributed by atoms with E-state index in [2.05, 4.69) is 21.3 Å². The Kier molecular flexibility index (Phi) is 5.04.